The smallest absolute Gasteiger partial charge is 0.220 e. The summed E-state index contributed by atoms with van der Waals surface area (Å²) in [5.41, 5.74) is 0. The number of carbonyl (C=O) groups excluding carboxylic acids is 1. The second-order valence-corrected chi connectivity index (χ2v) is 3.52. The maximum Gasteiger partial charge on any atom is 0.220 e. The topological polar surface area (TPSA) is 47.6 Å². The molecule has 0 aromatic carbocycles. The van der Waals surface area contributed by atoms with E-state index in [-0.39, 0.29) is 7.33 Å². The van der Waals surface area contributed by atoms with Gasteiger partial charge in [0.25, 0.3) is 0 Å². The third kappa shape index (κ3) is 4.58. The van der Waals surface area contributed by atoms with Gasteiger partial charge in [0, 0.05) is 27.6 Å². The van der Waals surface area contributed by atoms with Crippen LogP contribution >= 0.6 is 0 Å². The number of hydrogen-bond acceptors (Lipinski definition) is 3. The highest BCUT2D eigenvalue weighted by Gasteiger charge is 2.17. The first-order valence-corrected chi connectivity index (χ1v) is 5.25. The molecule has 0 aromatic rings. The summed E-state index contributed by atoms with van der Waals surface area (Å²) in [5.74, 6) is 0.755. The Morgan fingerprint density at radius 1 is 1.57 bits per heavy atom. The van der Waals surface area contributed by atoms with Gasteiger partial charge in [0.15, 0.2) is 0 Å². The maximum absolute atomic E-state index is 10.9. The molecule has 1 atom stereocenters. The number of piperidine rings is 1. The van der Waals surface area contributed by atoms with Gasteiger partial charge in [-0.3, -0.25) is 4.79 Å². The summed E-state index contributed by atoms with van der Waals surface area (Å²) >= 11 is 0. The molecule has 0 bridgehead atoms. The lowest BCUT2D eigenvalue weighted by Gasteiger charge is -2.21. The lowest BCUT2D eigenvalue weighted by Crippen LogP contribution is -2.35. The Bertz CT molecular complexity index is 168. The lowest BCUT2D eigenvalue weighted by molar-refractivity contribution is -0.123. The van der Waals surface area contributed by atoms with Crippen LogP contribution in [-0.4, -0.2) is 32.5 Å². The number of ether oxygens (including phenoxy) is 2. The van der Waals surface area contributed by atoms with Crippen molar-refractivity contribution in [2.75, 3.05) is 26.6 Å². The SMILES string of the molecule is CCOCOCCC1CCC(=O)NC1.[HH]. The molecule has 1 saturated heterocycles. The van der Waals surface area contributed by atoms with Gasteiger partial charge < -0.3 is 14.8 Å². The first kappa shape index (κ1) is 11.5. The van der Waals surface area contributed by atoms with Crippen molar-refractivity contribution in [3.63, 3.8) is 0 Å². The van der Waals surface area contributed by atoms with Gasteiger partial charge in [-0.05, 0) is 25.7 Å². The Morgan fingerprint density at radius 2 is 2.43 bits per heavy atom. The number of nitrogens with one attached hydrogen (secondary N) is 1. The highest BCUT2D eigenvalue weighted by atomic mass is 16.7. The van der Waals surface area contributed by atoms with Gasteiger partial charge in [-0.15, -0.1) is 0 Å². The van der Waals surface area contributed by atoms with Gasteiger partial charge in [0.05, 0.1) is 0 Å². The van der Waals surface area contributed by atoms with Crippen molar-refractivity contribution < 1.29 is 15.7 Å². The van der Waals surface area contributed by atoms with E-state index in [2.05, 4.69) is 5.32 Å². The zero-order valence-electron chi connectivity index (χ0n) is 8.75. The minimum Gasteiger partial charge on any atom is -0.356 e. The summed E-state index contributed by atoms with van der Waals surface area (Å²) in [6.07, 6.45) is 2.66. The third-order valence-electron chi connectivity index (χ3n) is 2.41. The average Bonchev–Trinajstić information content (AvgIpc) is 2.21. The molecule has 1 aliphatic rings. The van der Waals surface area contributed by atoms with E-state index < -0.39 is 0 Å². The molecule has 4 heteroatoms. The Kier molecular flexibility index (Phi) is 5.56. The van der Waals surface area contributed by atoms with Crippen molar-refractivity contribution in [2.45, 2.75) is 26.2 Å². The third-order valence-corrected chi connectivity index (χ3v) is 2.41. The fourth-order valence-electron chi connectivity index (χ4n) is 1.48. The molecule has 1 rings (SSSR count). The van der Waals surface area contributed by atoms with Gasteiger partial charge in [0.1, 0.15) is 6.79 Å². The molecule has 1 aliphatic heterocycles. The fraction of sp³-hybridized carbons (Fsp3) is 0.900. The minimum absolute atomic E-state index is 0. The molecule has 0 aromatic heterocycles. The Hall–Kier alpha value is -0.610. The molecule has 0 saturated carbocycles. The number of amides is 1. The zero-order valence-corrected chi connectivity index (χ0v) is 8.75. The normalized spacial score (nSPS) is 22.1. The molecule has 0 aliphatic carbocycles. The van der Waals surface area contributed by atoms with Crippen LogP contribution in [0.5, 0.6) is 0 Å². The Morgan fingerprint density at radius 3 is 3.07 bits per heavy atom. The number of hydrogen-bond donors (Lipinski definition) is 1. The van der Waals surface area contributed by atoms with Gasteiger partial charge in [-0.1, -0.05) is 0 Å². The van der Waals surface area contributed by atoms with Crippen LogP contribution in [0.25, 0.3) is 0 Å². The fourth-order valence-corrected chi connectivity index (χ4v) is 1.48. The van der Waals surface area contributed by atoms with Crippen LogP contribution in [0.4, 0.5) is 0 Å². The first-order valence-electron chi connectivity index (χ1n) is 5.25. The first-order chi connectivity index (χ1) is 6.83. The predicted molar refractivity (Wildman–Crippen MR) is 54.9 cm³/mol. The van der Waals surface area contributed by atoms with Crippen molar-refractivity contribution in [2.24, 2.45) is 5.92 Å². The van der Waals surface area contributed by atoms with Crippen LogP contribution in [0.2, 0.25) is 0 Å². The molecule has 1 N–H and O–H groups in total. The quantitative estimate of drug-likeness (QED) is 0.520. The molecule has 84 valence electrons. The van der Waals surface area contributed by atoms with E-state index in [9.17, 15) is 4.79 Å². The molecular weight excluding hydrogens is 182 g/mol. The Balaban J connectivity index is 0.00000196. The van der Waals surface area contributed by atoms with E-state index in [1.807, 2.05) is 6.92 Å². The molecule has 0 radical (unpaired) electrons. The van der Waals surface area contributed by atoms with Crippen molar-refractivity contribution in [3.8, 4) is 0 Å². The van der Waals surface area contributed by atoms with Crippen LogP contribution in [0.15, 0.2) is 0 Å². The van der Waals surface area contributed by atoms with Crippen molar-refractivity contribution in [1.82, 2.24) is 5.32 Å². The van der Waals surface area contributed by atoms with E-state index in [4.69, 9.17) is 9.47 Å². The second-order valence-electron chi connectivity index (χ2n) is 3.52. The molecule has 1 fully saturated rings. The van der Waals surface area contributed by atoms with Crippen LogP contribution in [0.3, 0.4) is 0 Å². The predicted octanol–water partition coefficient (Wildman–Crippen LogP) is 1.16. The monoisotopic (exact) mass is 203 g/mol. The van der Waals surface area contributed by atoms with Crippen molar-refractivity contribution in [1.29, 1.82) is 0 Å². The summed E-state index contributed by atoms with van der Waals surface area (Å²) in [6.45, 7) is 4.55. The van der Waals surface area contributed by atoms with E-state index in [1.165, 1.54) is 0 Å². The molecule has 14 heavy (non-hydrogen) atoms. The van der Waals surface area contributed by atoms with Gasteiger partial charge >= 0.3 is 0 Å². The summed E-state index contributed by atoms with van der Waals surface area (Å²) in [5, 5.41) is 2.86. The summed E-state index contributed by atoms with van der Waals surface area (Å²) in [6, 6.07) is 0. The minimum atomic E-state index is 0. The zero-order chi connectivity index (χ0) is 10.2. The van der Waals surface area contributed by atoms with Crippen molar-refractivity contribution >= 4 is 5.91 Å². The van der Waals surface area contributed by atoms with Crippen LogP contribution in [0, 0.1) is 5.92 Å². The second kappa shape index (κ2) is 6.79. The molecule has 1 amide bonds. The highest BCUT2D eigenvalue weighted by Crippen LogP contribution is 2.14. The average molecular weight is 203 g/mol. The van der Waals surface area contributed by atoms with Gasteiger partial charge in [0.2, 0.25) is 5.91 Å². The lowest BCUT2D eigenvalue weighted by atomic mass is 9.96. The van der Waals surface area contributed by atoms with Crippen LogP contribution in [0.1, 0.15) is 27.6 Å². The molecular formula is C10H21NO3. The van der Waals surface area contributed by atoms with Gasteiger partial charge in [-0.25, -0.2) is 0 Å². The Labute approximate surface area is 86.4 Å². The maximum atomic E-state index is 10.9. The van der Waals surface area contributed by atoms with Crippen LogP contribution in [-0.2, 0) is 14.3 Å². The summed E-state index contributed by atoms with van der Waals surface area (Å²) in [4.78, 5) is 10.9. The van der Waals surface area contributed by atoms with Gasteiger partial charge in [-0.2, -0.15) is 0 Å². The standard InChI is InChI=1S/C10H19NO3.H2/c1-2-13-8-14-6-5-9-3-4-10(12)11-7-9;/h9H,2-8H2,1H3,(H,11,12);1H. The summed E-state index contributed by atoms with van der Waals surface area (Å²) < 4.78 is 10.3. The van der Waals surface area contributed by atoms with Crippen LogP contribution < -0.4 is 5.32 Å². The number of carbonyl (C=O) groups is 1. The molecule has 4 nitrogen and oxygen atoms in total. The molecule has 1 heterocycles. The van der Waals surface area contributed by atoms with E-state index in [0.29, 0.717) is 25.7 Å². The largest absolute Gasteiger partial charge is 0.356 e. The van der Waals surface area contributed by atoms with E-state index in [1.54, 1.807) is 0 Å². The molecule has 0 spiro atoms. The van der Waals surface area contributed by atoms with E-state index in [0.717, 1.165) is 26.0 Å². The summed E-state index contributed by atoms with van der Waals surface area (Å²) in [7, 11) is 0. The van der Waals surface area contributed by atoms with E-state index >= 15 is 0 Å². The molecule has 1 unspecified atom stereocenters. The number of rotatable bonds is 6. The van der Waals surface area contributed by atoms with Crippen molar-refractivity contribution in [3.05, 3.63) is 0 Å². The highest BCUT2D eigenvalue weighted by molar-refractivity contribution is 5.76.